The molecule has 0 unspecified atom stereocenters. The van der Waals surface area contributed by atoms with Gasteiger partial charge in [0.25, 0.3) is 0 Å². The zero-order valence-corrected chi connectivity index (χ0v) is 17.2. The molecule has 0 aliphatic rings. The van der Waals surface area contributed by atoms with Gasteiger partial charge in [-0.15, -0.1) is 11.3 Å². The van der Waals surface area contributed by atoms with Gasteiger partial charge in [-0.25, -0.2) is 9.37 Å². The molecule has 30 heavy (non-hydrogen) atoms. The molecular weight excluding hydrogens is 397 g/mol. The number of benzene rings is 3. The number of hydrogen-bond donors (Lipinski definition) is 1. The van der Waals surface area contributed by atoms with Gasteiger partial charge in [-0.05, 0) is 54.4 Å². The van der Waals surface area contributed by atoms with Crippen molar-refractivity contribution in [3.8, 4) is 17.0 Å². The molecule has 0 aliphatic carbocycles. The van der Waals surface area contributed by atoms with Crippen LogP contribution in [0.1, 0.15) is 16.0 Å². The number of aromatic nitrogens is 1. The molecule has 6 heteroatoms. The van der Waals surface area contributed by atoms with Crippen LogP contribution in [0.5, 0.6) is 5.75 Å². The summed E-state index contributed by atoms with van der Waals surface area (Å²) in [6.07, 6.45) is 1.74. The Balaban J connectivity index is 1.33. The van der Waals surface area contributed by atoms with Crippen molar-refractivity contribution >= 4 is 22.7 Å². The lowest BCUT2D eigenvalue weighted by Gasteiger charge is -2.06. The molecule has 3 aromatic carbocycles. The first kappa shape index (κ1) is 19.8. The van der Waals surface area contributed by atoms with Crippen LogP contribution in [0.3, 0.4) is 0 Å². The lowest BCUT2D eigenvalue weighted by atomic mass is 10.1. The second-order valence-corrected chi connectivity index (χ2v) is 7.85. The standard InChI is InChI=1S/C24H20FN3OS/c1-17-23(20-5-3-2-4-6-20)27-24(30-17)28-26-15-18-9-13-22(14-10-18)29-16-19-7-11-21(25)12-8-19/h2-15H,16H2,1H3,(H,27,28)/b26-15-. The van der Waals surface area contributed by atoms with Crippen LogP contribution < -0.4 is 10.2 Å². The number of ether oxygens (including phenoxy) is 1. The molecule has 0 amide bonds. The van der Waals surface area contributed by atoms with Crippen LogP contribution in [0.4, 0.5) is 9.52 Å². The van der Waals surface area contributed by atoms with E-state index in [1.807, 2.05) is 42.5 Å². The molecule has 0 fully saturated rings. The van der Waals surface area contributed by atoms with E-state index >= 15 is 0 Å². The molecule has 0 radical (unpaired) electrons. The number of thiazole rings is 1. The fraction of sp³-hybridized carbons (Fsp3) is 0.0833. The van der Waals surface area contributed by atoms with Crippen molar-refractivity contribution in [3.05, 3.63) is 101 Å². The highest BCUT2D eigenvalue weighted by Gasteiger charge is 2.08. The second-order valence-electron chi connectivity index (χ2n) is 6.64. The summed E-state index contributed by atoms with van der Waals surface area (Å²) in [6.45, 7) is 2.45. The van der Waals surface area contributed by atoms with Gasteiger partial charge in [-0.2, -0.15) is 5.10 Å². The number of rotatable bonds is 7. The average molecular weight is 418 g/mol. The Bertz CT molecular complexity index is 1120. The Kier molecular flexibility index (Phi) is 6.15. The number of anilines is 1. The maximum Gasteiger partial charge on any atom is 0.204 e. The van der Waals surface area contributed by atoms with Gasteiger partial charge in [0.05, 0.1) is 11.9 Å². The molecular formula is C24H20FN3OS. The molecule has 1 N–H and O–H groups in total. The molecule has 0 bridgehead atoms. The van der Waals surface area contributed by atoms with E-state index < -0.39 is 0 Å². The Morgan fingerprint density at radius 1 is 1.00 bits per heavy atom. The van der Waals surface area contributed by atoms with E-state index in [0.717, 1.165) is 38.1 Å². The number of hydrazone groups is 1. The van der Waals surface area contributed by atoms with Crippen LogP contribution in [0.15, 0.2) is 84.0 Å². The topological polar surface area (TPSA) is 46.5 Å². The Hall–Kier alpha value is -3.51. The van der Waals surface area contributed by atoms with Gasteiger partial charge in [-0.1, -0.05) is 42.5 Å². The highest BCUT2D eigenvalue weighted by molar-refractivity contribution is 7.15. The van der Waals surface area contributed by atoms with Gasteiger partial charge in [0.1, 0.15) is 18.2 Å². The van der Waals surface area contributed by atoms with E-state index in [-0.39, 0.29) is 5.82 Å². The molecule has 0 aliphatic heterocycles. The van der Waals surface area contributed by atoms with Crippen molar-refractivity contribution in [1.82, 2.24) is 4.98 Å². The van der Waals surface area contributed by atoms with Crippen molar-refractivity contribution < 1.29 is 9.13 Å². The Morgan fingerprint density at radius 3 is 2.47 bits per heavy atom. The number of nitrogens with zero attached hydrogens (tertiary/aromatic N) is 2. The first-order chi connectivity index (χ1) is 14.7. The normalized spacial score (nSPS) is 11.0. The van der Waals surface area contributed by atoms with Crippen molar-refractivity contribution in [1.29, 1.82) is 0 Å². The smallest absolute Gasteiger partial charge is 0.204 e. The van der Waals surface area contributed by atoms with E-state index in [9.17, 15) is 4.39 Å². The van der Waals surface area contributed by atoms with Gasteiger partial charge in [0, 0.05) is 10.4 Å². The van der Waals surface area contributed by atoms with Crippen molar-refractivity contribution in [2.75, 3.05) is 5.43 Å². The van der Waals surface area contributed by atoms with Crippen LogP contribution >= 0.6 is 11.3 Å². The van der Waals surface area contributed by atoms with Crippen LogP contribution in [0.25, 0.3) is 11.3 Å². The lowest BCUT2D eigenvalue weighted by Crippen LogP contribution is -1.96. The molecule has 150 valence electrons. The Labute approximate surface area is 178 Å². The predicted molar refractivity (Wildman–Crippen MR) is 121 cm³/mol. The van der Waals surface area contributed by atoms with Gasteiger partial charge in [0.2, 0.25) is 5.13 Å². The number of nitrogens with one attached hydrogen (secondary N) is 1. The van der Waals surface area contributed by atoms with Crippen LogP contribution in [-0.4, -0.2) is 11.2 Å². The summed E-state index contributed by atoms with van der Waals surface area (Å²) in [5.41, 5.74) is 6.93. The van der Waals surface area contributed by atoms with Crippen LogP contribution in [0, 0.1) is 12.7 Å². The minimum absolute atomic E-state index is 0.250. The third kappa shape index (κ3) is 5.10. The minimum atomic E-state index is -0.250. The van der Waals surface area contributed by atoms with Crippen molar-refractivity contribution in [2.45, 2.75) is 13.5 Å². The highest BCUT2D eigenvalue weighted by atomic mass is 32.1. The molecule has 1 aromatic heterocycles. The van der Waals surface area contributed by atoms with Crippen LogP contribution in [-0.2, 0) is 6.61 Å². The minimum Gasteiger partial charge on any atom is -0.489 e. The first-order valence-electron chi connectivity index (χ1n) is 9.46. The summed E-state index contributed by atoms with van der Waals surface area (Å²) in [5.74, 6) is 0.493. The zero-order valence-electron chi connectivity index (χ0n) is 16.4. The molecule has 4 rings (SSSR count). The van der Waals surface area contributed by atoms with Gasteiger partial charge < -0.3 is 4.74 Å². The van der Waals surface area contributed by atoms with Gasteiger partial charge in [-0.3, -0.25) is 5.43 Å². The molecule has 4 aromatic rings. The third-order valence-electron chi connectivity index (χ3n) is 4.42. The summed E-state index contributed by atoms with van der Waals surface area (Å²) in [6, 6.07) is 24.0. The average Bonchev–Trinajstić information content (AvgIpc) is 3.15. The summed E-state index contributed by atoms with van der Waals surface area (Å²) in [7, 11) is 0. The van der Waals surface area contributed by atoms with Crippen molar-refractivity contribution in [2.24, 2.45) is 5.10 Å². The summed E-state index contributed by atoms with van der Waals surface area (Å²) < 4.78 is 18.7. The highest BCUT2D eigenvalue weighted by Crippen LogP contribution is 2.30. The molecule has 0 spiro atoms. The molecule has 0 saturated carbocycles. The van der Waals surface area contributed by atoms with E-state index in [2.05, 4.69) is 34.6 Å². The summed E-state index contributed by atoms with van der Waals surface area (Å²) in [5, 5.41) is 5.04. The SMILES string of the molecule is Cc1sc(N/N=C\c2ccc(OCc3ccc(F)cc3)cc2)nc1-c1ccccc1. The maximum absolute atomic E-state index is 12.9. The largest absolute Gasteiger partial charge is 0.489 e. The quantitative estimate of drug-likeness (QED) is 0.284. The lowest BCUT2D eigenvalue weighted by molar-refractivity contribution is 0.306. The van der Waals surface area contributed by atoms with Gasteiger partial charge in [0.15, 0.2) is 0 Å². The molecule has 0 atom stereocenters. The van der Waals surface area contributed by atoms with Crippen LogP contribution in [0.2, 0.25) is 0 Å². The summed E-state index contributed by atoms with van der Waals surface area (Å²) >= 11 is 1.57. The second kappa shape index (κ2) is 9.33. The van der Waals surface area contributed by atoms with E-state index in [1.54, 1.807) is 29.7 Å². The fourth-order valence-electron chi connectivity index (χ4n) is 2.87. The van der Waals surface area contributed by atoms with E-state index in [0.29, 0.717) is 6.61 Å². The monoisotopic (exact) mass is 417 g/mol. The number of hydrogen-bond acceptors (Lipinski definition) is 5. The molecule has 0 saturated heterocycles. The molecule has 4 nitrogen and oxygen atoms in total. The van der Waals surface area contributed by atoms with Crippen molar-refractivity contribution in [3.63, 3.8) is 0 Å². The first-order valence-corrected chi connectivity index (χ1v) is 10.3. The van der Waals surface area contributed by atoms with E-state index in [1.165, 1.54) is 12.1 Å². The zero-order chi connectivity index (χ0) is 20.8. The number of aryl methyl sites for hydroxylation is 1. The third-order valence-corrected chi connectivity index (χ3v) is 5.29. The Morgan fingerprint density at radius 2 is 1.73 bits per heavy atom. The van der Waals surface area contributed by atoms with E-state index in [4.69, 9.17) is 4.74 Å². The molecule has 1 heterocycles. The predicted octanol–water partition coefficient (Wildman–Crippen LogP) is 6.28. The van der Waals surface area contributed by atoms with Gasteiger partial charge >= 0.3 is 0 Å². The maximum atomic E-state index is 12.9. The summed E-state index contributed by atoms with van der Waals surface area (Å²) in [4.78, 5) is 5.77. The number of halogens is 1. The fourth-order valence-corrected chi connectivity index (χ4v) is 3.65.